The molecule has 0 atom stereocenters. The molecule has 0 bridgehead atoms. The lowest BCUT2D eigenvalue weighted by Gasteiger charge is -2.02. The van der Waals surface area contributed by atoms with Gasteiger partial charge in [-0.25, -0.2) is 0 Å². The second-order valence-electron chi connectivity index (χ2n) is 3.04. The smallest absolute Gasteiger partial charge is 0.158 e. The van der Waals surface area contributed by atoms with Gasteiger partial charge in [-0.3, -0.25) is 4.79 Å². The van der Waals surface area contributed by atoms with Crippen LogP contribution < -0.4 is 0 Å². The van der Waals surface area contributed by atoms with Crippen LogP contribution in [0.4, 0.5) is 0 Å². The van der Waals surface area contributed by atoms with Gasteiger partial charge in [0.15, 0.2) is 5.78 Å². The number of Topliss-reactive ketones (excluding diaryl/α,β-unsaturated/α-hetero) is 1. The predicted octanol–water partition coefficient (Wildman–Crippen LogP) is 2.76. The number of hydrogen-bond donors (Lipinski definition) is 0. The van der Waals surface area contributed by atoms with E-state index in [1.165, 1.54) is 0 Å². The lowest BCUT2D eigenvalue weighted by atomic mass is 10.0. The molecule has 1 rings (SSSR count). The zero-order chi connectivity index (χ0) is 9.68. The van der Waals surface area contributed by atoms with Crippen LogP contribution in [0, 0.1) is 0 Å². The maximum absolute atomic E-state index is 11.2. The van der Waals surface area contributed by atoms with Crippen LogP contribution >= 0.6 is 0 Å². The first-order valence-electron chi connectivity index (χ1n) is 4.49. The van der Waals surface area contributed by atoms with Crippen molar-refractivity contribution in [1.29, 1.82) is 0 Å². The van der Waals surface area contributed by atoms with Gasteiger partial charge in [-0.05, 0) is 11.1 Å². The highest BCUT2D eigenvalue weighted by Gasteiger charge is 2.04. The summed E-state index contributed by atoms with van der Waals surface area (Å²) in [6.07, 6.45) is 1.22. The molecule has 0 amide bonds. The lowest BCUT2D eigenvalue weighted by Crippen LogP contribution is -2.01. The van der Waals surface area contributed by atoms with Crippen LogP contribution in [0.25, 0.3) is 0 Å². The molecule has 1 aromatic rings. The van der Waals surface area contributed by atoms with E-state index in [9.17, 15) is 4.79 Å². The Labute approximate surface area is 79.1 Å². The molecule has 0 saturated heterocycles. The molecule has 0 aliphatic heterocycles. The minimum atomic E-state index is 0.156. The quantitative estimate of drug-likeness (QED) is 0.641. The van der Waals surface area contributed by atoms with Gasteiger partial charge in [0.05, 0.1) is 0 Å². The maximum Gasteiger partial charge on any atom is 0.158 e. The molecule has 0 fully saturated rings. The standard InChI is InChI=1S/C12H14O/c1-3-12(13)10(2)9-11-7-5-4-6-8-11/h4-8H,2-3,9H2,1H3. The van der Waals surface area contributed by atoms with Gasteiger partial charge in [0.25, 0.3) is 0 Å². The fourth-order valence-electron chi connectivity index (χ4n) is 1.19. The fraction of sp³-hybridized carbons (Fsp3) is 0.250. The normalized spacial score (nSPS) is 9.62. The van der Waals surface area contributed by atoms with Crippen LogP contribution in [0.3, 0.4) is 0 Å². The first-order chi connectivity index (χ1) is 6.24. The first kappa shape index (κ1) is 9.72. The van der Waals surface area contributed by atoms with Gasteiger partial charge < -0.3 is 0 Å². The minimum absolute atomic E-state index is 0.156. The number of carbonyl (C=O) groups is 1. The van der Waals surface area contributed by atoms with Crippen molar-refractivity contribution in [2.24, 2.45) is 0 Å². The Kier molecular flexibility index (Phi) is 3.44. The summed E-state index contributed by atoms with van der Waals surface area (Å²) in [7, 11) is 0. The van der Waals surface area contributed by atoms with E-state index in [-0.39, 0.29) is 5.78 Å². The Morgan fingerprint density at radius 1 is 1.31 bits per heavy atom. The zero-order valence-electron chi connectivity index (χ0n) is 7.92. The molecular formula is C12H14O. The summed E-state index contributed by atoms with van der Waals surface area (Å²) in [6.45, 7) is 5.63. The molecule has 68 valence electrons. The summed E-state index contributed by atoms with van der Waals surface area (Å²) < 4.78 is 0. The molecule has 0 aliphatic rings. The van der Waals surface area contributed by atoms with E-state index in [4.69, 9.17) is 0 Å². The van der Waals surface area contributed by atoms with E-state index in [1.54, 1.807) is 0 Å². The largest absolute Gasteiger partial charge is 0.295 e. The van der Waals surface area contributed by atoms with Crippen molar-refractivity contribution < 1.29 is 4.79 Å². The molecule has 0 aliphatic carbocycles. The van der Waals surface area contributed by atoms with Crippen molar-refractivity contribution in [1.82, 2.24) is 0 Å². The number of hydrogen-bond acceptors (Lipinski definition) is 1. The van der Waals surface area contributed by atoms with Gasteiger partial charge >= 0.3 is 0 Å². The summed E-state index contributed by atoms with van der Waals surface area (Å²) in [5.41, 5.74) is 1.85. The number of allylic oxidation sites excluding steroid dienone is 1. The van der Waals surface area contributed by atoms with E-state index < -0.39 is 0 Å². The van der Waals surface area contributed by atoms with Crippen LogP contribution in [0.1, 0.15) is 18.9 Å². The Hall–Kier alpha value is -1.37. The van der Waals surface area contributed by atoms with Crippen LogP contribution in [-0.4, -0.2) is 5.78 Å². The third-order valence-electron chi connectivity index (χ3n) is 1.98. The second kappa shape index (κ2) is 4.61. The van der Waals surface area contributed by atoms with Crippen molar-refractivity contribution in [2.45, 2.75) is 19.8 Å². The molecule has 0 radical (unpaired) electrons. The number of carbonyl (C=O) groups excluding carboxylic acids is 1. The first-order valence-corrected chi connectivity index (χ1v) is 4.49. The summed E-state index contributed by atoms with van der Waals surface area (Å²) in [5, 5.41) is 0. The van der Waals surface area contributed by atoms with Gasteiger partial charge in [0.2, 0.25) is 0 Å². The van der Waals surface area contributed by atoms with E-state index in [2.05, 4.69) is 6.58 Å². The number of benzene rings is 1. The third-order valence-corrected chi connectivity index (χ3v) is 1.98. The van der Waals surface area contributed by atoms with Crippen LogP contribution in [0.15, 0.2) is 42.5 Å². The van der Waals surface area contributed by atoms with Crippen molar-refractivity contribution in [3.05, 3.63) is 48.0 Å². The molecule has 0 N–H and O–H groups in total. The van der Waals surface area contributed by atoms with Crippen LogP contribution in [-0.2, 0) is 11.2 Å². The summed E-state index contributed by atoms with van der Waals surface area (Å²) in [4.78, 5) is 11.2. The highest BCUT2D eigenvalue weighted by atomic mass is 16.1. The highest BCUT2D eigenvalue weighted by Crippen LogP contribution is 2.07. The molecule has 0 aromatic heterocycles. The van der Waals surface area contributed by atoms with E-state index in [0.29, 0.717) is 18.4 Å². The third kappa shape index (κ3) is 2.86. The molecule has 0 unspecified atom stereocenters. The number of rotatable bonds is 4. The molecule has 0 spiro atoms. The predicted molar refractivity (Wildman–Crippen MR) is 54.6 cm³/mol. The van der Waals surface area contributed by atoms with Crippen molar-refractivity contribution >= 4 is 5.78 Å². The second-order valence-corrected chi connectivity index (χ2v) is 3.04. The van der Waals surface area contributed by atoms with E-state index in [0.717, 1.165) is 5.56 Å². The molecular weight excluding hydrogens is 160 g/mol. The average Bonchev–Trinajstić information content (AvgIpc) is 2.18. The Balaban J connectivity index is 2.60. The Morgan fingerprint density at radius 2 is 1.92 bits per heavy atom. The van der Waals surface area contributed by atoms with Crippen molar-refractivity contribution in [2.75, 3.05) is 0 Å². The Morgan fingerprint density at radius 3 is 2.46 bits per heavy atom. The minimum Gasteiger partial charge on any atom is -0.295 e. The molecule has 0 saturated carbocycles. The summed E-state index contributed by atoms with van der Waals surface area (Å²) in [6, 6.07) is 9.92. The fourth-order valence-corrected chi connectivity index (χ4v) is 1.19. The summed E-state index contributed by atoms with van der Waals surface area (Å²) in [5.74, 6) is 0.156. The molecule has 13 heavy (non-hydrogen) atoms. The zero-order valence-corrected chi connectivity index (χ0v) is 7.92. The van der Waals surface area contributed by atoms with Gasteiger partial charge in [0, 0.05) is 12.8 Å². The molecule has 0 heterocycles. The summed E-state index contributed by atoms with van der Waals surface area (Å²) >= 11 is 0. The highest BCUT2D eigenvalue weighted by molar-refractivity contribution is 5.94. The SMILES string of the molecule is C=C(Cc1ccccc1)C(=O)CC. The van der Waals surface area contributed by atoms with Gasteiger partial charge in [-0.2, -0.15) is 0 Å². The lowest BCUT2D eigenvalue weighted by molar-refractivity contribution is -0.115. The van der Waals surface area contributed by atoms with Crippen LogP contribution in [0.2, 0.25) is 0 Å². The average molecular weight is 174 g/mol. The van der Waals surface area contributed by atoms with E-state index >= 15 is 0 Å². The van der Waals surface area contributed by atoms with Gasteiger partial charge in [0.1, 0.15) is 0 Å². The van der Waals surface area contributed by atoms with Crippen molar-refractivity contribution in [3.8, 4) is 0 Å². The topological polar surface area (TPSA) is 17.1 Å². The molecule has 1 aromatic carbocycles. The van der Waals surface area contributed by atoms with Crippen LogP contribution in [0.5, 0.6) is 0 Å². The number of ketones is 1. The van der Waals surface area contributed by atoms with Gasteiger partial charge in [-0.15, -0.1) is 0 Å². The Bertz CT molecular complexity index is 298. The monoisotopic (exact) mass is 174 g/mol. The molecule has 1 nitrogen and oxygen atoms in total. The van der Waals surface area contributed by atoms with Gasteiger partial charge in [-0.1, -0.05) is 43.8 Å². The van der Waals surface area contributed by atoms with Crippen molar-refractivity contribution in [3.63, 3.8) is 0 Å². The van der Waals surface area contributed by atoms with E-state index in [1.807, 2.05) is 37.3 Å². The molecule has 1 heteroatoms. The maximum atomic E-state index is 11.2.